The fourth-order valence-corrected chi connectivity index (χ4v) is 3.28. The molecular weight excluding hydrogens is 306 g/mol. The van der Waals surface area contributed by atoms with Crippen molar-refractivity contribution < 1.29 is 4.42 Å². The van der Waals surface area contributed by atoms with E-state index in [4.69, 9.17) is 4.42 Å². The van der Waals surface area contributed by atoms with Crippen LogP contribution in [0.1, 0.15) is 0 Å². The molecule has 2 heterocycles. The number of furan rings is 1. The van der Waals surface area contributed by atoms with E-state index in [2.05, 4.69) is 53.5 Å². The summed E-state index contributed by atoms with van der Waals surface area (Å²) in [4.78, 5) is 4.63. The highest BCUT2D eigenvalue weighted by molar-refractivity contribution is 5.96. The van der Waals surface area contributed by atoms with Gasteiger partial charge in [-0.25, -0.2) is 0 Å². The van der Waals surface area contributed by atoms with Crippen molar-refractivity contribution in [1.82, 2.24) is 4.98 Å². The Kier molecular flexibility index (Phi) is 3.14. The third-order valence-electron chi connectivity index (χ3n) is 4.54. The number of aromatic nitrogens is 1. The fourth-order valence-electron chi connectivity index (χ4n) is 3.28. The molecule has 0 bridgehead atoms. The summed E-state index contributed by atoms with van der Waals surface area (Å²) in [5.74, 6) is 0.797. The van der Waals surface area contributed by atoms with E-state index < -0.39 is 0 Å². The highest BCUT2D eigenvalue weighted by Crippen LogP contribution is 2.31. The topological polar surface area (TPSA) is 26.0 Å². The highest BCUT2D eigenvalue weighted by atomic mass is 16.3. The van der Waals surface area contributed by atoms with E-state index in [1.54, 1.807) is 0 Å². The van der Waals surface area contributed by atoms with Crippen LogP contribution in [0.3, 0.4) is 0 Å². The molecule has 25 heavy (non-hydrogen) atoms. The lowest BCUT2D eigenvalue weighted by Gasteiger charge is -2.07. The average molecular weight is 321 g/mol. The zero-order valence-electron chi connectivity index (χ0n) is 13.5. The average Bonchev–Trinajstić information content (AvgIpc) is 3.12. The summed E-state index contributed by atoms with van der Waals surface area (Å²) in [6, 6.07) is 29.0. The normalized spacial score (nSPS) is 11.2. The molecule has 0 radical (unpaired) electrons. The molecule has 0 saturated carbocycles. The van der Waals surface area contributed by atoms with Crippen LogP contribution in [0.5, 0.6) is 0 Å². The first-order valence-electron chi connectivity index (χ1n) is 8.32. The summed E-state index contributed by atoms with van der Waals surface area (Å²) < 4.78 is 5.91. The molecule has 5 rings (SSSR count). The van der Waals surface area contributed by atoms with E-state index in [9.17, 15) is 0 Å². The summed E-state index contributed by atoms with van der Waals surface area (Å²) in [6.45, 7) is 0. The fraction of sp³-hybridized carbons (Fsp3) is 0. The zero-order chi connectivity index (χ0) is 16.6. The van der Waals surface area contributed by atoms with Crippen LogP contribution in [0.25, 0.3) is 44.3 Å². The Morgan fingerprint density at radius 3 is 2.32 bits per heavy atom. The quantitative estimate of drug-likeness (QED) is 0.380. The number of rotatable bonds is 2. The Balaban J connectivity index is 1.59. The molecule has 0 N–H and O–H groups in total. The maximum absolute atomic E-state index is 5.91. The Hall–Kier alpha value is -3.39. The minimum Gasteiger partial charge on any atom is -0.454 e. The third-order valence-corrected chi connectivity index (χ3v) is 4.54. The standard InChI is InChI=1S/C23H15NO/c1-3-9-19-16(6-1)8-5-10-20(19)18-12-13-21(24-15-18)23-14-17-7-2-4-11-22(17)25-23/h1-15H. The number of pyridine rings is 1. The minimum absolute atomic E-state index is 0.797. The van der Waals surface area contributed by atoms with Crippen LogP contribution in [-0.4, -0.2) is 4.98 Å². The molecule has 0 unspecified atom stereocenters. The largest absolute Gasteiger partial charge is 0.454 e. The summed E-state index contributed by atoms with van der Waals surface area (Å²) >= 11 is 0. The molecule has 2 nitrogen and oxygen atoms in total. The van der Waals surface area contributed by atoms with E-state index in [1.165, 1.54) is 16.3 Å². The van der Waals surface area contributed by atoms with Crippen molar-refractivity contribution in [3.8, 4) is 22.6 Å². The van der Waals surface area contributed by atoms with Gasteiger partial charge in [0.25, 0.3) is 0 Å². The minimum atomic E-state index is 0.797. The molecule has 0 amide bonds. The number of hydrogen-bond acceptors (Lipinski definition) is 2. The number of hydrogen-bond donors (Lipinski definition) is 0. The van der Waals surface area contributed by atoms with Crippen molar-refractivity contribution >= 4 is 21.7 Å². The van der Waals surface area contributed by atoms with Gasteiger partial charge in [-0.15, -0.1) is 0 Å². The molecule has 0 aliphatic heterocycles. The summed E-state index contributed by atoms with van der Waals surface area (Å²) in [5.41, 5.74) is 4.04. The molecule has 2 heteroatoms. The van der Waals surface area contributed by atoms with Crippen molar-refractivity contribution in [3.05, 3.63) is 91.1 Å². The SMILES string of the molecule is c1ccc2oc(-c3ccc(-c4cccc5ccccc45)cn3)cc2c1. The van der Waals surface area contributed by atoms with Gasteiger partial charge in [0.2, 0.25) is 0 Å². The number of para-hydroxylation sites is 1. The molecular formula is C23H15NO. The molecule has 0 aliphatic rings. The van der Waals surface area contributed by atoms with Crippen LogP contribution < -0.4 is 0 Å². The van der Waals surface area contributed by atoms with Gasteiger partial charge < -0.3 is 4.42 Å². The van der Waals surface area contributed by atoms with Gasteiger partial charge in [0.1, 0.15) is 11.3 Å². The van der Waals surface area contributed by atoms with Gasteiger partial charge in [0.05, 0.1) is 0 Å². The Morgan fingerprint density at radius 1 is 0.680 bits per heavy atom. The second kappa shape index (κ2) is 5.60. The molecule has 0 spiro atoms. The lowest BCUT2D eigenvalue weighted by atomic mass is 9.99. The van der Waals surface area contributed by atoms with Crippen molar-refractivity contribution in [2.75, 3.05) is 0 Å². The van der Waals surface area contributed by atoms with Crippen molar-refractivity contribution in [2.24, 2.45) is 0 Å². The summed E-state index contributed by atoms with van der Waals surface area (Å²) in [6.07, 6.45) is 1.92. The van der Waals surface area contributed by atoms with E-state index >= 15 is 0 Å². The van der Waals surface area contributed by atoms with E-state index in [-0.39, 0.29) is 0 Å². The number of fused-ring (bicyclic) bond motifs is 2. The molecule has 0 saturated heterocycles. The van der Waals surface area contributed by atoms with Crippen molar-refractivity contribution in [2.45, 2.75) is 0 Å². The molecule has 0 fully saturated rings. The smallest absolute Gasteiger partial charge is 0.153 e. The Bertz CT molecular complexity index is 1150. The van der Waals surface area contributed by atoms with Crippen molar-refractivity contribution in [3.63, 3.8) is 0 Å². The van der Waals surface area contributed by atoms with Gasteiger partial charge in [0, 0.05) is 17.1 Å². The molecule has 0 aliphatic carbocycles. The van der Waals surface area contributed by atoms with E-state index in [0.717, 1.165) is 28.0 Å². The van der Waals surface area contributed by atoms with Crippen LogP contribution in [-0.2, 0) is 0 Å². The van der Waals surface area contributed by atoms with E-state index in [0.29, 0.717) is 0 Å². The van der Waals surface area contributed by atoms with Gasteiger partial charge in [0.15, 0.2) is 5.76 Å². The molecule has 0 atom stereocenters. The molecule has 3 aromatic carbocycles. The van der Waals surface area contributed by atoms with Crippen LogP contribution in [0, 0.1) is 0 Å². The number of nitrogens with zero attached hydrogens (tertiary/aromatic N) is 1. The molecule has 5 aromatic rings. The van der Waals surface area contributed by atoms with Crippen LogP contribution >= 0.6 is 0 Å². The summed E-state index contributed by atoms with van der Waals surface area (Å²) in [7, 11) is 0. The Morgan fingerprint density at radius 2 is 1.48 bits per heavy atom. The molecule has 118 valence electrons. The van der Waals surface area contributed by atoms with Crippen LogP contribution in [0.15, 0.2) is 95.5 Å². The second-order valence-corrected chi connectivity index (χ2v) is 6.11. The van der Waals surface area contributed by atoms with Gasteiger partial charge in [-0.1, -0.05) is 66.7 Å². The lowest BCUT2D eigenvalue weighted by molar-refractivity contribution is 0.629. The van der Waals surface area contributed by atoms with Crippen molar-refractivity contribution in [1.29, 1.82) is 0 Å². The predicted octanol–water partition coefficient (Wildman–Crippen LogP) is 6.32. The first-order chi connectivity index (χ1) is 12.4. The van der Waals surface area contributed by atoms with E-state index in [1.807, 2.05) is 42.6 Å². The van der Waals surface area contributed by atoms with Crippen LogP contribution in [0.2, 0.25) is 0 Å². The maximum Gasteiger partial charge on any atom is 0.153 e. The molecule has 2 aromatic heterocycles. The predicted molar refractivity (Wildman–Crippen MR) is 102 cm³/mol. The number of benzene rings is 3. The van der Waals surface area contributed by atoms with Crippen LogP contribution in [0.4, 0.5) is 0 Å². The lowest BCUT2D eigenvalue weighted by Crippen LogP contribution is -1.85. The monoisotopic (exact) mass is 321 g/mol. The summed E-state index contributed by atoms with van der Waals surface area (Å²) in [5, 5.41) is 3.57. The van der Waals surface area contributed by atoms with Gasteiger partial charge in [-0.2, -0.15) is 0 Å². The zero-order valence-corrected chi connectivity index (χ0v) is 13.5. The highest BCUT2D eigenvalue weighted by Gasteiger charge is 2.08. The first kappa shape index (κ1) is 14.0. The first-order valence-corrected chi connectivity index (χ1v) is 8.32. The van der Waals surface area contributed by atoms with Gasteiger partial charge >= 0.3 is 0 Å². The van der Waals surface area contributed by atoms with Gasteiger partial charge in [-0.3, -0.25) is 4.98 Å². The second-order valence-electron chi connectivity index (χ2n) is 6.11. The third kappa shape index (κ3) is 2.39. The van der Waals surface area contributed by atoms with Gasteiger partial charge in [-0.05, 0) is 34.5 Å². The Labute approximate surface area is 145 Å². The maximum atomic E-state index is 5.91.